The predicted octanol–water partition coefficient (Wildman–Crippen LogP) is 3.21. The van der Waals surface area contributed by atoms with Crippen LogP contribution in [0.15, 0.2) is 18.2 Å². The minimum absolute atomic E-state index is 0.181. The Balaban J connectivity index is 2.04. The number of nitrogens with zero attached hydrogens (tertiary/aromatic N) is 1. The summed E-state index contributed by atoms with van der Waals surface area (Å²) < 4.78 is 5.36. The van der Waals surface area contributed by atoms with E-state index < -0.39 is 0 Å². The van der Waals surface area contributed by atoms with E-state index in [1.54, 1.807) is 7.11 Å². The van der Waals surface area contributed by atoms with E-state index in [0.29, 0.717) is 0 Å². The van der Waals surface area contributed by atoms with Crippen LogP contribution in [0.3, 0.4) is 0 Å². The Morgan fingerprint density at radius 2 is 1.90 bits per heavy atom. The number of rotatable bonds is 4. The minimum atomic E-state index is -0.237. The first-order chi connectivity index (χ1) is 10.1. The van der Waals surface area contributed by atoms with Crippen molar-refractivity contribution in [2.45, 2.75) is 45.6 Å². The molecule has 0 aliphatic carbocycles. The van der Waals surface area contributed by atoms with Crippen LogP contribution in [0.5, 0.6) is 5.75 Å². The van der Waals surface area contributed by atoms with Gasteiger partial charge in [-0.05, 0) is 44.4 Å². The van der Waals surface area contributed by atoms with Crippen LogP contribution in [0.4, 0.5) is 5.69 Å². The number of ether oxygens (including phenoxy) is 1. The molecule has 0 radical (unpaired) electrons. The Morgan fingerprint density at radius 3 is 2.52 bits per heavy atom. The first-order valence-corrected chi connectivity index (χ1v) is 7.82. The van der Waals surface area contributed by atoms with Crippen molar-refractivity contribution >= 4 is 11.6 Å². The maximum Gasteiger partial charge on any atom is 0.244 e. The zero-order valence-electron chi connectivity index (χ0n) is 13.3. The predicted molar refractivity (Wildman–Crippen MR) is 85.9 cm³/mol. The number of nitrogens with one attached hydrogen (secondary N) is 1. The number of likely N-dealkylation sites (tertiary alicyclic amines) is 1. The average Bonchev–Trinajstić information content (AvgIpc) is 2.75. The van der Waals surface area contributed by atoms with Gasteiger partial charge in [0.05, 0.1) is 12.8 Å². The zero-order valence-corrected chi connectivity index (χ0v) is 13.3. The number of anilines is 1. The highest BCUT2D eigenvalue weighted by Crippen LogP contribution is 2.26. The molecule has 1 aromatic rings. The van der Waals surface area contributed by atoms with Gasteiger partial charge in [0.15, 0.2) is 0 Å². The molecular weight excluding hydrogens is 264 g/mol. The van der Waals surface area contributed by atoms with Crippen molar-refractivity contribution in [3.05, 3.63) is 23.8 Å². The van der Waals surface area contributed by atoms with Gasteiger partial charge in [-0.3, -0.25) is 4.79 Å². The van der Waals surface area contributed by atoms with Crippen molar-refractivity contribution in [3.63, 3.8) is 0 Å². The Kier molecular flexibility index (Phi) is 5.48. The number of aryl methyl sites for hydroxylation is 1. The lowest BCUT2D eigenvalue weighted by Crippen LogP contribution is -2.41. The molecule has 1 N–H and O–H groups in total. The smallest absolute Gasteiger partial charge is 0.244 e. The van der Waals surface area contributed by atoms with Crippen LogP contribution in [0.2, 0.25) is 0 Å². The quantitative estimate of drug-likeness (QED) is 0.926. The SMILES string of the molecule is COc1ccc(C)cc1N[C@@H](C)C(=O)N1CCCCCC1. The van der Waals surface area contributed by atoms with E-state index in [2.05, 4.69) is 5.32 Å². The fourth-order valence-corrected chi connectivity index (χ4v) is 2.79. The van der Waals surface area contributed by atoms with E-state index in [4.69, 9.17) is 4.74 Å². The third kappa shape index (κ3) is 4.13. The van der Waals surface area contributed by atoms with Crippen molar-refractivity contribution in [2.75, 3.05) is 25.5 Å². The summed E-state index contributed by atoms with van der Waals surface area (Å²) in [5.41, 5.74) is 2.03. The summed E-state index contributed by atoms with van der Waals surface area (Å²) in [7, 11) is 1.65. The second-order valence-electron chi connectivity index (χ2n) is 5.81. The maximum atomic E-state index is 12.6. The van der Waals surface area contributed by atoms with E-state index in [1.165, 1.54) is 12.8 Å². The maximum absolute atomic E-state index is 12.6. The second-order valence-corrected chi connectivity index (χ2v) is 5.81. The Bertz CT molecular complexity index is 480. The summed E-state index contributed by atoms with van der Waals surface area (Å²) in [6.45, 7) is 5.73. The van der Waals surface area contributed by atoms with Crippen molar-refractivity contribution < 1.29 is 9.53 Å². The Labute approximate surface area is 127 Å². The van der Waals surface area contributed by atoms with Crippen LogP contribution < -0.4 is 10.1 Å². The normalized spacial score (nSPS) is 17.0. The molecule has 1 aromatic carbocycles. The van der Waals surface area contributed by atoms with Gasteiger partial charge >= 0.3 is 0 Å². The topological polar surface area (TPSA) is 41.6 Å². The highest BCUT2D eigenvalue weighted by atomic mass is 16.5. The molecule has 1 atom stereocenters. The lowest BCUT2D eigenvalue weighted by Gasteiger charge is -2.25. The van der Waals surface area contributed by atoms with Crippen molar-refractivity contribution in [1.82, 2.24) is 4.90 Å². The van der Waals surface area contributed by atoms with Gasteiger partial charge in [-0.25, -0.2) is 0 Å². The first kappa shape index (κ1) is 15.7. The van der Waals surface area contributed by atoms with Crippen LogP contribution in [-0.4, -0.2) is 37.0 Å². The molecule has 0 spiro atoms. The average molecular weight is 290 g/mol. The molecule has 1 heterocycles. The first-order valence-electron chi connectivity index (χ1n) is 7.82. The van der Waals surface area contributed by atoms with Gasteiger partial charge in [-0.15, -0.1) is 0 Å². The van der Waals surface area contributed by atoms with Gasteiger partial charge in [0.1, 0.15) is 11.8 Å². The minimum Gasteiger partial charge on any atom is -0.495 e. The van der Waals surface area contributed by atoms with Gasteiger partial charge in [-0.1, -0.05) is 18.9 Å². The van der Waals surface area contributed by atoms with Crippen LogP contribution in [0.25, 0.3) is 0 Å². The largest absolute Gasteiger partial charge is 0.495 e. The lowest BCUT2D eigenvalue weighted by molar-refractivity contribution is -0.131. The van der Waals surface area contributed by atoms with Gasteiger partial charge in [-0.2, -0.15) is 0 Å². The Hall–Kier alpha value is -1.71. The molecule has 1 aliphatic rings. The summed E-state index contributed by atoms with van der Waals surface area (Å²) in [6, 6.07) is 5.72. The van der Waals surface area contributed by atoms with Gasteiger partial charge in [0.2, 0.25) is 5.91 Å². The molecule has 4 heteroatoms. The van der Waals surface area contributed by atoms with E-state index in [-0.39, 0.29) is 11.9 Å². The summed E-state index contributed by atoms with van der Waals surface area (Å²) >= 11 is 0. The molecule has 1 aliphatic heterocycles. The van der Waals surface area contributed by atoms with Crippen LogP contribution in [-0.2, 0) is 4.79 Å². The number of hydrogen-bond donors (Lipinski definition) is 1. The molecule has 0 aromatic heterocycles. The summed E-state index contributed by atoms with van der Waals surface area (Å²) in [5.74, 6) is 0.955. The van der Waals surface area contributed by atoms with E-state index in [0.717, 1.165) is 42.9 Å². The number of benzene rings is 1. The number of carbonyl (C=O) groups is 1. The van der Waals surface area contributed by atoms with E-state index in [1.807, 2.05) is 36.9 Å². The number of amides is 1. The molecular formula is C17H26N2O2. The fourth-order valence-electron chi connectivity index (χ4n) is 2.79. The zero-order chi connectivity index (χ0) is 15.2. The van der Waals surface area contributed by atoms with Crippen molar-refractivity contribution in [1.29, 1.82) is 0 Å². The highest BCUT2D eigenvalue weighted by molar-refractivity contribution is 5.85. The third-order valence-electron chi connectivity index (χ3n) is 4.02. The number of methoxy groups -OCH3 is 1. The number of hydrogen-bond acceptors (Lipinski definition) is 3. The molecule has 21 heavy (non-hydrogen) atoms. The second kappa shape index (κ2) is 7.34. The molecule has 0 bridgehead atoms. The summed E-state index contributed by atoms with van der Waals surface area (Å²) in [6.07, 6.45) is 4.70. The van der Waals surface area contributed by atoms with Crippen LogP contribution >= 0.6 is 0 Å². The summed E-state index contributed by atoms with van der Waals surface area (Å²) in [4.78, 5) is 14.6. The molecule has 0 unspecified atom stereocenters. The summed E-state index contributed by atoms with van der Waals surface area (Å²) in [5, 5.41) is 3.30. The Morgan fingerprint density at radius 1 is 1.24 bits per heavy atom. The van der Waals surface area contributed by atoms with E-state index >= 15 is 0 Å². The van der Waals surface area contributed by atoms with Gasteiger partial charge in [0.25, 0.3) is 0 Å². The highest BCUT2D eigenvalue weighted by Gasteiger charge is 2.22. The molecule has 116 valence electrons. The van der Waals surface area contributed by atoms with Gasteiger partial charge < -0.3 is 15.0 Å². The number of carbonyl (C=O) groups excluding carboxylic acids is 1. The molecule has 1 amide bonds. The van der Waals surface area contributed by atoms with Crippen molar-refractivity contribution in [2.24, 2.45) is 0 Å². The van der Waals surface area contributed by atoms with E-state index in [9.17, 15) is 4.79 Å². The van der Waals surface area contributed by atoms with Crippen molar-refractivity contribution in [3.8, 4) is 5.75 Å². The third-order valence-corrected chi connectivity index (χ3v) is 4.02. The van der Waals surface area contributed by atoms with Gasteiger partial charge in [0, 0.05) is 13.1 Å². The molecule has 4 nitrogen and oxygen atoms in total. The molecule has 0 saturated carbocycles. The molecule has 1 fully saturated rings. The van der Waals surface area contributed by atoms with Crippen LogP contribution in [0, 0.1) is 6.92 Å². The lowest BCUT2D eigenvalue weighted by atomic mass is 10.2. The van der Waals surface area contributed by atoms with Crippen LogP contribution in [0.1, 0.15) is 38.2 Å². The standard InChI is InChI=1S/C17H26N2O2/c1-13-8-9-16(21-3)15(12-13)18-14(2)17(20)19-10-6-4-5-7-11-19/h8-9,12,14,18H,4-7,10-11H2,1-3H3/t14-/m0/s1. The monoisotopic (exact) mass is 290 g/mol. The fraction of sp³-hybridized carbons (Fsp3) is 0.588. The molecule has 1 saturated heterocycles. The molecule has 2 rings (SSSR count).